The van der Waals surface area contributed by atoms with Gasteiger partial charge >= 0.3 is 0 Å². The highest BCUT2D eigenvalue weighted by Crippen LogP contribution is 2.27. The Bertz CT molecular complexity index is 1110. The summed E-state index contributed by atoms with van der Waals surface area (Å²) in [5.74, 6) is -0.406. The monoisotopic (exact) mass is 490 g/mol. The van der Waals surface area contributed by atoms with Crippen molar-refractivity contribution in [3.05, 3.63) is 42.0 Å². The molecule has 9 nitrogen and oxygen atoms in total. The van der Waals surface area contributed by atoms with Crippen LogP contribution in [-0.2, 0) is 4.79 Å². The van der Waals surface area contributed by atoms with Crippen molar-refractivity contribution < 1.29 is 18.7 Å². The molecule has 0 atom stereocenters. The molecule has 0 saturated heterocycles. The minimum atomic E-state index is -0.518. The summed E-state index contributed by atoms with van der Waals surface area (Å²) >= 11 is 2.45. The first kappa shape index (κ1) is 23.2. The third-order valence-electron chi connectivity index (χ3n) is 5.13. The van der Waals surface area contributed by atoms with E-state index in [0.29, 0.717) is 10.0 Å². The van der Waals surface area contributed by atoms with E-state index in [9.17, 15) is 14.0 Å². The number of rotatable bonds is 8. The highest BCUT2D eigenvalue weighted by Gasteiger charge is 2.21. The van der Waals surface area contributed by atoms with Crippen LogP contribution >= 0.6 is 23.1 Å². The van der Waals surface area contributed by atoms with Gasteiger partial charge < -0.3 is 10.1 Å². The molecule has 0 unspecified atom stereocenters. The van der Waals surface area contributed by atoms with Crippen molar-refractivity contribution in [2.24, 2.45) is 0 Å². The van der Waals surface area contributed by atoms with Crippen molar-refractivity contribution in [3.63, 3.8) is 0 Å². The lowest BCUT2D eigenvalue weighted by molar-refractivity contribution is -0.119. The Morgan fingerprint density at radius 1 is 1.21 bits per heavy atom. The molecular formula is C21H23FN6O3S2. The molecule has 12 heteroatoms. The molecule has 4 rings (SSSR count). The average molecular weight is 491 g/mol. The Morgan fingerprint density at radius 3 is 2.70 bits per heavy atom. The number of hydrogen-bond acceptors (Lipinski definition) is 8. The van der Waals surface area contributed by atoms with Gasteiger partial charge in [-0.3, -0.25) is 14.9 Å². The first-order chi connectivity index (χ1) is 16.0. The standard InChI is InChI=1S/C21H23FN6O3S2/c1-31-16-11-28(15-9-7-13(22)8-10-15)27-18(16)19(30)24-20-25-26-21(33-20)32-12-17(29)23-14-5-3-2-4-6-14/h7-11,14H,2-6,12H2,1H3,(H,23,29)(H,24,25,30). The summed E-state index contributed by atoms with van der Waals surface area (Å²) in [6.07, 6.45) is 7.15. The quantitative estimate of drug-likeness (QED) is 0.366. The second-order valence-electron chi connectivity index (χ2n) is 7.49. The Hall–Kier alpha value is -2.99. The molecule has 1 fully saturated rings. The highest BCUT2D eigenvalue weighted by molar-refractivity contribution is 8.01. The molecule has 1 aliphatic rings. The average Bonchev–Trinajstić information content (AvgIpc) is 3.46. The van der Waals surface area contributed by atoms with Crippen LogP contribution in [0.4, 0.5) is 9.52 Å². The largest absolute Gasteiger partial charge is 0.493 e. The maximum absolute atomic E-state index is 13.2. The van der Waals surface area contributed by atoms with Gasteiger partial charge in [0.2, 0.25) is 11.0 Å². The van der Waals surface area contributed by atoms with Gasteiger partial charge in [0, 0.05) is 6.04 Å². The van der Waals surface area contributed by atoms with Gasteiger partial charge in [-0.2, -0.15) is 5.10 Å². The second-order valence-corrected chi connectivity index (χ2v) is 9.69. The summed E-state index contributed by atoms with van der Waals surface area (Å²) in [4.78, 5) is 24.9. The third-order valence-corrected chi connectivity index (χ3v) is 7.10. The van der Waals surface area contributed by atoms with Crippen LogP contribution in [0.1, 0.15) is 42.6 Å². The maximum atomic E-state index is 13.2. The number of halogens is 1. The summed E-state index contributed by atoms with van der Waals surface area (Å²) in [7, 11) is 1.43. The fraction of sp³-hybridized carbons (Fsp3) is 0.381. The number of benzene rings is 1. The molecule has 0 bridgehead atoms. The normalized spacial score (nSPS) is 14.1. The Balaban J connectivity index is 1.34. The van der Waals surface area contributed by atoms with Crippen LogP contribution in [0.5, 0.6) is 5.75 Å². The summed E-state index contributed by atoms with van der Waals surface area (Å²) in [5.41, 5.74) is 0.632. The van der Waals surface area contributed by atoms with E-state index in [1.165, 1.54) is 59.6 Å². The molecule has 0 aliphatic heterocycles. The molecule has 33 heavy (non-hydrogen) atoms. The molecule has 0 spiro atoms. The van der Waals surface area contributed by atoms with Crippen molar-refractivity contribution in [1.82, 2.24) is 25.3 Å². The first-order valence-corrected chi connectivity index (χ1v) is 12.3. The number of ether oxygens (including phenoxy) is 1. The number of carbonyl (C=O) groups is 2. The van der Waals surface area contributed by atoms with Crippen LogP contribution in [-0.4, -0.2) is 50.7 Å². The van der Waals surface area contributed by atoms with E-state index < -0.39 is 5.91 Å². The molecule has 1 saturated carbocycles. The highest BCUT2D eigenvalue weighted by atomic mass is 32.2. The van der Waals surface area contributed by atoms with Gasteiger partial charge in [0.25, 0.3) is 5.91 Å². The molecule has 2 amide bonds. The molecule has 1 aromatic carbocycles. The van der Waals surface area contributed by atoms with Crippen LogP contribution in [0.3, 0.4) is 0 Å². The van der Waals surface area contributed by atoms with E-state index >= 15 is 0 Å². The minimum Gasteiger partial charge on any atom is -0.493 e. The lowest BCUT2D eigenvalue weighted by atomic mass is 9.95. The van der Waals surface area contributed by atoms with E-state index in [2.05, 4.69) is 25.9 Å². The number of amides is 2. The lowest BCUT2D eigenvalue weighted by Gasteiger charge is -2.22. The van der Waals surface area contributed by atoms with Gasteiger partial charge in [-0.25, -0.2) is 9.07 Å². The van der Waals surface area contributed by atoms with Gasteiger partial charge in [-0.15, -0.1) is 10.2 Å². The van der Waals surface area contributed by atoms with Crippen LogP contribution in [0.25, 0.3) is 5.69 Å². The molecule has 2 N–H and O–H groups in total. The molecule has 2 aromatic heterocycles. The van der Waals surface area contributed by atoms with Crippen LogP contribution < -0.4 is 15.4 Å². The number of methoxy groups -OCH3 is 1. The fourth-order valence-electron chi connectivity index (χ4n) is 3.51. The zero-order valence-corrected chi connectivity index (χ0v) is 19.5. The third kappa shape index (κ3) is 6.08. The van der Waals surface area contributed by atoms with Gasteiger partial charge in [-0.05, 0) is 37.1 Å². The number of hydrogen-bond donors (Lipinski definition) is 2. The minimum absolute atomic E-state index is 0.0243. The van der Waals surface area contributed by atoms with Crippen LogP contribution in [0.15, 0.2) is 34.8 Å². The molecule has 1 aliphatic carbocycles. The molecular weight excluding hydrogens is 467 g/mol. The Kier molecular flexibility index (Phi) is 7.55. The number of nitrogens with zero attached hydrogens (tertiary/aromatic N) is 4. The van der Waals surface area contributed by atoms with Gasteiger partial charge in [-0.1, -0.05) is 42.4 Å². The number of thioether (sulfide) groups is 1. The van der Waals surface area contributed by atoms with Crippen molar-refractivity contribution >= 4 is 40.0 Å². The van der Waals surface area contributed by atoms with E-state index in [1.54, 1.807) is 12.1 Å². The number of anilines is 1. The van der Waals surface area contributed by atoms with Gasteiger partial charge in [0.1, 0.15) is 5.82 Å². The smallest absolute Gasteiger partial charge is 0.281 e. The van der Waals surface area contributed by atoms with Crippen molar-refractivity contribution in [2.45, 2.75) is 42.5 Å². The zero-order valence-electron chi connectivity index (χ0n) is 17.9. The second kappa shape index (κ2) is 10.8. The first-order valence-electron chi connectivity index (χ1n) is 10.5. The van der Waals surface area contributed by atoms with E-state index in [-0.39, 0.29) is 40.1 Å². The number of nitrogens with one attached hydrogen (secondary N) is 2. The summed E-state index contributed by atoms with van der Waals surface area (Å²) in [6.45, 7) is 0. The van der Waals surface area contributed by atoms with Crippen LogP contribution in [0.2, 0.25) is 0 Å². The molecule has 0 radical (unpaired) electrons. The topological polar surface area (TPSA) is 111 Å². The van der Waals surface area contributed by atoms with Crippen molar-refractivity contribution in [1.29, 1.82) is 0 Å². The SMILES string of the molecule is COc1cn(-c2ccc(F)cc2)nc1C(=O)Nc1nnc(SCC(=O)NC2CCCCC2)s1. The van der Waals surface area contributed by atoms with Gasteiger partial charge in [0.05, 0.1) is 24.7 Å². The Morgan fingerprint density at radius 2 is 1.97 bits per heavy atom. The van der Waals surface area contributed by atoms with Crippen molar-refractivity contribution in [2.75, 3.05) is 18.2 Å². The van der Waals surface area contributed by atoms with Crippen LogP contribution in [0, 0.1) is 5.82 Å². The van der Waals surface area contributed by atoms with Gasteiger partial charge in [0.15, 0.2) is 15.8 Å². The zero-order chi connectivity index (χ0) is 23.2. The Labute approximate surface area is 198 Å². The summed E-state index contributed by atoms with van der Waals surface area (Å²) in [6, 6.07) is 5.96. The van der Waals surface area contributed by atoms with E-state index in [4.69, 9.17) is 4.74 Å². The summed E-state index contributed by atoms with van der Waals surface area (Å²) in [5, 5.41) is 18.3. The maximum Gasteiger partial charge on any atom is 0.281 e. The van der Waals surface area contributed by atoms with E-state index in [0.717, 1.165) is 25.7 Å². The fourth-order valence-corrected chi connectivity index (χ4v) is 5.07. The van der Waals surface area contributed by atoms with Crippen molar-refractivity contribution in [3.8, 4) is 11.4 Å². The number of carbonyl (C=O) groups excluding carboxylic acids is 2. The molecule has 174 valence electrons. The molecule has 2 heterocycles. The molecule has 3 aromatic rings. The predicted octanol–water partition coefficient (Wildman–Crippen LogP) is 3.66. The number of aromatic nitrogens is 4. The van der Waals surface area contributed by atoms with E-state index in [1.807, 2.05) is 0 Å². The summed E-state index contributed by atoms with van der Waals surface area (Å²) < 4.78 is 20.4. The lowest BCUT2D eigenvalue weighted by Crippen LogP contribution is -2.37. The predicted molar refractivity (Wildman–Crippen MR) is 124 cm³/mol.